The van der Waals surface area contributed by atoms with Gasteiger partial charge in [-0.2, -0.15) is 0 Å². The van der Waals surface area contributed by atoms with E-state index in [1.54, 1.807) is 24.3 Å². The number of halogens is 1. The van der Waals surface area contributed by atoms with Gasteiger partial charge in [-0.05, 0) is 43.0 Å². The molecule has 2 aromatic rings. The second-order valence-corrected chi connectivity index (χ2v) is 7.56. The Morgan fingerprint density at radius 2 is 2.24 bits per heavy atom. The number of aromatic nitrogens is 3. The number of hydrogen-bond acceptors (Lipinski definition) is 5. The van der Waals surface area contributed by atoms with Crippen LogP contribution in [0.15, 0.2) is 29.4 Å². The molecule has 0 unspecified atom stereocenters. The molecule has 6 nitrogen and oxygen atoms in total. The van der Waals surface area contributed by atoms with Crippen molar-refractivity contribution >= 4 is 29.3 Å². The number of benzene rings is 1. The van der Waals surface area contributed by atoms with Crippen LogP contribution in [0.2, 0.25) is 5.02 Å². The standard InChI is InChI=1S/C17H21ClN4O2S/c1-12-3-2-8-22(9-12)16(23)11-25-17-19-15(20-21-17)10-24-14-6-4-13(18)5-7-14/h4-7,12H,2-3,8-11H2,1H3,(H,19,20,21)/t12-/m1/s1. The zero-order valence-corrected chi connectivity index (χ0v) is 15.6. The molecule has 1 aliphatic heterocycles. The average Bonchev–Trinajstić information content (AvgIpc) is 3.07. The topological polar surface area (TPSA) is 71.1 Å². The fourth-order valence-electron chi connectivity index (χ4n) is 2.72. The summed E-state index contributed by atoms with van der Waals surface area (Å²) < 4.78 is 5.62. The Hall–Kier alpha value is -1.73. The molecule has 0 bridgehead atoms. The zero-order valence-electron chi connectivity index (χ0n) is 14.1. The molecule has 1 amide bonds. The van der Waals surface area contributed by atoms with Gasteiger partial charge in [-0.1, -0.05) is 30.3 Å². The van der Waals surface area contributed by atoms with E-state index in [4.69, 9.17) is 16.3 Å². The monoisotopic (exact) mass is 380 g/mol. The average molecular weight is 381 g/mol. The van der Waals surface area contributed by atoms with E-state index in [1.165, 1.54) is 18.2 Å². The molecule has 8 heteroatoms. The number of thioether (sulfide) groups is 1. The van der Waals surface area contributed by atoms with E-state index in [9.17, 15) is 4.79 Å². The lowest BCUT2D eigenvalue weighted by molar-refractivity contribution is -0.130. The molecule has 0 saturated carbocycles. The number of ether oxygens (including phenoxy) is 1. The molecular weight excluding hydrogens is 360 g/mol. The van der Waals surface area contributed by atoms with Gasteiger partial charge in [-0.15, -0.1) is 5.10 Å². The SMILES string of the molecule is C[C@@H]1CCCN(C(=O)CSc2n[nH]c(COc3ccc(Cl)cc3)n2)C1. The van der Waals surface area contributed by atoms with Gasteiger partial charge in [0.2, 0.25) is 11.1 Å². The molecule has 1 aromatic heterocycles. The highest BCUT2D eigenvalue weighted by Crippen LogP contribution is 2.19. The number of carbonyl (C=O) groups excluding carboxylic acids is 1. The van der Waals surface area contributed by atoms with Crippen LogP contribution in [-0.4, -0.2) is 44.8 Å². The second kappa shape index (κ2) is 8.58. The maximum Gasteiger partial charge on any atom is 0.233 e. The van der Waals surface area contributed by atoms with E-state index < -0.39 is 0 Å². The third kappa shape index (κ3) is 5.37. The Bertz CT molecular complexity index is 707. The van der Waals surface area contributed by atoms with Gasteiger partial charge in [0.15, 0.2) is 5.82 Å². The lowest BCUT2D eigenvalue weighted by Gasteiger charge is -2.30. The van der Waals surface area contributed by atoms with E-state index in [-0.39, 0.29) is 12.5 Å². The van der Waals surface area contributed by atoms with Gasteiger partial charge in [0, 0.05) is 18.1 Å². The Balaban J connectivity index is 1.45. The summed E-state index contributed by atoms with van der Waals surface area (Å²) in [6, 6.07) is 7.14. The van der Waals surface area contributed by atoms with Crippen molar-refractivity contribution in [2.75, 3.05) is 18.8 Å². The van der Waals surface area contributed by atoms with E-state index >= 15 is 0 Å². The molecule has 2 heterocycles. The highest BCUT2D eigenvalue weighted by Gasteiger charge is 2.21. The maximum absolute atomic E-state index is 12.3. The van der Waals surface area contributed by atoms with Crippen molar-refractivity contribution < 1.29 is 9.53 Å². The number of aromatic amines is 1. The summed E-state index contributed by atoms with van der Waals surface area (Å²) >= 11 is 7.19. The normalized spacial score (nSPS) is 17.5. The molecule has 3 rings (SSSR count). The highest BCUT2D eigenvalue weighted by molar-refractivity contribution is 7.99. The first-order valence-corrected chi connectivity index (χ1v) is 9.67. The number of piperidine rings is 1. The van der Waals surface area contributed by atoms with E-state index in [0.717, 1.165) is 19.5 Å². The molecule has 25 heavy (non-hydrogen) atoms. The summed E-state index contributed by atoms with van der Waals surface area (Å²) in [7, 11) is 0. The number of likely N-dealkylation sites (tertiary alicyclic amines) is 1. The molecule has 134 valence electrons. The number of rotatable bonds is 6. The van der Waals surface area contributed by atoms with E-state index in [0.29, 0.717) is 33.4 Å². The van der Waals surface area contributed by atoms with Crippen molar-refractivity contribution in [1.29, 1.82) is 0 Å². The van der Waals surface area contributed by atoms with Crippen LogP contribution in [-0.2, 0) is 11.4 Å². The molecule has 0 aliphatic carbocycles. The minimum atomic E-state index is 0.153. The minimum absolute atomic E-state index is 0.153. The summed E-state index contributed by atoms with van der Waals surface area (Å²) in [5.74, 6) is 2.44. The maximum atomic E-state index is 12.3. The largest absolute Gasteiger partial charge is 0.486 e. The van der Waals surface area contributed by atoms with Gasteiger partial charge in [-0.3, -0.25) is 9.89 Å². The Labute approximate surface area is 156 Å². The van der Waals surface area contributed by atoms with Crippen molar-refractivity contribution in [2.45, 2.75) is 31.5 Å². The fourth-order valence-corrected chi connectivity index (χ4v) is 3.57. The van der Waals surface area contributed by atoms with Gasteiger partial charge in [0.05, 0.1) is 5.75 Å². The lowest BCUT2D eigenvalue weighted by Crippen LogP contribution is -2.40. The molecule has 1 aliphatic rings. The van der Waals surface area contributed by atoms with Crippen molar-refractivity contribution in [2.24, 2.45) is 5.92 Å². The number of nitrogens with one attached hydrogen (secondary N) is 1. The van der Waals surface area contributed by atoms with Crippen molar-refractivity contribution in [1.82, 2.24) is 20.1 Å². The van der Waals surface area contributed by atoms with Crippen molar-refractivity contribution in [3.8, 4) is 5.75 Å². The molecule has 1 fully saturated rings. The molecule has 0 spiro atoms. The molecule has 1 saturated heterocycles. The lowest BCUT2D eigenvalue weighted by atomic mass is 10.0. The van der Waals surface area contributed by atoms with E-state index in [1.807, 2.05) is 4.90 Å². The summed E-state index contributed by atoms with van der Waals surface area (Å²) in [5.41, 5.74) is 0. The van der Waals surface area contributed by atoms with Gasteiger partial charge >= 0.3 is 0 Å². The number of carbonyl (C=O) groups is 1. The van der Waals surface area contributed by atoms with Crippen LogP contribution >= 0.6 is 23.4 Å². The molecule has 1 atom stereocenters. The molecule has 0 radical (unpaired) electrons. The van der Waals surface area contributed by atoms with Crippen LogP contribution in [0.3, 0.4) is 0 Å². The number of hydrogen-bond donors (Lipinski definition) is 1. The number of amides is 1. The second-order valence-electron chi connectivity index (χ2n) is 6.18. The van der Waals surface area contributed by atoms with Gasteiger partial charge in [0.25, 0.3) is 0 Å². The number of H-pyrrole nitrogens is 1. The summed E-state index contributed by atoms with van der Waals surface area (Å²) in [4.78, 5) is 18.6. The zero-order chi connectivity index (χ0) is 17.6. The van der Waals surface area contributed by atoms with Crippen molar-refractivity contribution in [3.05, 3.63) is 35.1 Å². The summed E-state index contributed by atoms with van der Waals surface area (Å²) in [6.45, 7) is 4.19. The highest BCUT2D eigenvalue weighted by atomic mass is 35.5. The van der Waals surface area contributed by atoms with Crippen LogP contribution in [0.25, 0.3) is 0 Å². The first-order valence-electron chi connectivity index (χ1n) is 8.30. The van der Waals surface area contributed by atoms with Gasteiger partial charge < -0.3 is 9.64 Å². The van der Waals surface area contributed by atoms with Gasteiger partial charge in [0.1, 0.15) is 12.4 Å². The van der Waals surface area contributed by atoms with Crippen LogP contribution in [0.4, 0.5) is 0 Å². The first-order chi connectivity index (χ1) is 12.1. The Morgan fingerprint density at radius 1 is 1.44 bits per heavy atom. The summed E-state index contributed by atoms with van der Waals surface area (Å²) in [6.07, 6.45) is 2.29. The van der Waals surface area contributed by atoms with Crippen LogP contribution in [0, 0.1) is 5.92 Å². The smallest absolute Gasteiger partial charge is 0.233 e. The minimum Gasteiger partial charge on any atom is -0.486 e. The van der Waals surface area contributed by atoms with Crippen LogP contribution in [0.5, 0.6) is 5.75 Å². The molecule has 1 N–H and O–H groups in total. The molecule has 1 aromatic carbocycles. The first kappa shape index (κ1) is 18.1. The quantitative estimate of drug-likeness (QED) is 0.778. The summed E-state index contributed by atoms with van der Waals surface area (Å²) in [5, 5.41) is 8.20. The third-order valence-electron chi connectivity index (χ3n) is 4.03. The molecular formula is C17H21ClN4O2S. The Morgan fingerprint density at radius 3 is 3.00 bits per heavy atom. The van der Waals surface area contributed by atoms with Crippen LogP contribution in [0.1, 0.15) is 25.6 Å². The van der Waals surface area contributed by atoms with E-state index in [2.05, 4.69) is 22.1 Å². The predicted octanol–water partition coefficient (Wildman–Crippen LogP) is 3.39. The fraction of sp³-hybridized carbons (Fsp3) is 0.471. The van der Waals surface area contributed by atoms with Crippen molar-refractivity contribution in [3.63, 3.8) is 0 Å². The van der Waals surface area contributed by atoms with Crippen LogP contribution < -0.4 is 4.74 Å². The third-order valence-corrected chi connectivity index (χ3v) is 5.12. The van der Waals surface area contributed by atoms with Gasteiger partial charge in [-0.25, -0.2) is 4.98 Å². The number of nitrogens with zero attached hydrogens (tertiary/aromatic N) is 3. The Kier molecular flexibility index (Phi) is 6.20. The predicted molar refractivity (Wildman–Crippen MR) is 97.9 cm³/mol.